The maximum Gasteiger partial charge on any atom is 0.433 e. The summed E-state index contributed by atoms with van der Waals surface area (Å²) in [4.78, 5) is 31.1. The number of anilines is 2. The molecule has 0 aliphatic heterocycles. The summed E-state index contributed by atoms with van der Waals surface area (Å²) in [6.45, 7) is 3.55. The molecule has 6 rings (SSSR count). The molecule has 0 saturated heterocycles. The van der Waals surface area contributed by atoms with E-state index in [0.29, 0.717) is 27.8 Å². The van der Waals surface area contributed by atoms with E-state index in [9.17, 15) is 22.8 Å². The lowest BCUT2D eigenvalue weighted by molar-refractivity contribution is -0.141. The second kappa shape index (κ2) is 18.6. The summed E-state index contributed by atoms with van der Waals surface area (Å²) < 4.78 is 47.7. The number of hydrogen-bond acceptors (Lipinski definition) is 9. The molecule has 1 aliphatic rings. The second-order valence-corrected chi connectivity index (χ2v) is 12.6. The standard InChI is InChI=1S/C31H25ClF3N5O2.C5H12N2O.C2H7N/c1-16-19(21-10-5-11-22(27(21)32)24-13-17-7-4-9-20(17)29(38-24)42-3)8-6-12-23(16)37-28-26-18(15-36-40(2)30(26)41)14-25(39-28)31(33,34)35;1-6-3-2-4-7-5-8;1-3-2/h5-6,8,10-15H,4,7,9H2,1-3H3,(H,37,39);5-6H,2-4H2,1H3,(H,7,8);3H,1-2H3. The highest BCUT2D eigenvalue weighted by atomic mass is 35.5. The number of ether oxygens (including phenoxy) is 1. The maximum absolute atomic E-state index is 13.7. The van der Waals surface area contributed by atoms with Crippen LogP contribution in [0, 0.1) is 6.92 Å². The van der Waals surface area contributed by atoms with Crippen molar-refractivity contribution in [2.24, 2.45) is 7.05 Å². The average Bonchev–Trinajstić information content (AvgIpc) is 3.62. The minimum Gasteiger partial charge on any atom is -0.481 e. The zero-order valence-electron chi connectivity index (χ0n) is 30.5. The Morgan fingerprint density at radius 3 is 2.38 bits per heavy atom. The fraction of sp³-hybridized carbons (Fsp3) is 0.342. The Bertz CT molecular complexity index is 2110. The predicted molar refractivity (Wildman–Crippen MR) is 204 cm³/mol. The minimum atomic E-state index is -4.72. The Morgan fingerprint density at radius 2 is 1.70 bits per heavy atom. The Balaban J connectivity index is 0.000000500. The van der Waals surface area contributed by atoms with Gasteiger partial charge in [-0.3, -0.25) is 9.59 Å². The highest BCUT2D eigenvalue weighted by Crippen LogP contribution is 2.41. The number of aromatic nitrogens is 4. The number of halogens is 4. The third kappa shape index (κ3) is 9.69. The number of benzene rings is 2. The van der Waals surface area contributed by atoms with E-state index < -0.39 is 17.4 Å². The van der Waals surface area contributed by atoms with E-state index in [0.717, 1.165) is 78.2 Å². The first-order valence-corrected chi connectivity index (χ1v) is 17.3. The number of aryl methyl sites for hydroxylation is 2. The summed E-state index contributed by atoms with van der Waals surface area (Å²) in [6, 6.07) is 13.9. The number of amides is 1. The second-order valence-electron chi connectivity index (χ2n) is 12.2. The van der Waals surface area contributed by atoms with Crippen LogP contribution < -0.4 is 31.6 Å². The van der Waals surface area contributed by atoms with E-state index in [1.807, 2.05) is 52.3 Å². The van der Waals surface area contributed by atoms with E-state index in [-0.39, 0.29) is 16.6 Å². The fourth-order valence-corrected chi connectivity index (χ4v) is 6.22. The number of nitrogens with zero attached hydrogens (tertiary/aromatic N) is 4. The lowest BCUT2D eigenvalue weighted by Crippen LogP contribution is -2.21. The molecule has 0 fully saturated rings. The van der Waals surface area contributed by atoms with Crippen molar-refractivity contribution in [3.63, 3.8) is 0 Å². The van der Waals surface area contributed by atoms with Crippen molar-refractivity contribution >= 4 is 40.3 Å². The Labute approximate surface area is 311 Å². The van der Waals surface area contributed by atoms with Crippen molar-refractivity contribution in [3.8, 4) is 28.3 Å². The number of fused-ring (bicyclic) bond motifs is 2. The van der Waals surface area contributed by atoms with Crippen molar-refractivity contribution in [3.05, 3.63) is 92.5 Å². The van der Waals surface area contributed by atoms with Crippen LogP contribution in [0.5, 0.6) is 5.88 Å². The number of alkyl halides is 3. The average molecular weight is 753 g/mol. The van der Waals surface area contributed by atoms with Gasteiger partial charge in [0.25, 0.3) is 5.56 Å². The number of methoxy groups -OCH3 is 1. The van der Waals surface area contributed by atoms with E-state index in [1.54, 1.807) is 19.2 Å². The predicted octanol–water partition coefficient (Wildman–Crippen LogP) is 6.46. The number of pyridine rings is 2. The van der Waals surface area contributed by atoms with E-state index in [1.165, 1.54) is 18.8 Å². The molecule has 5 aromatic rings. The van der Waals surface area contributed by atoms with Gasteiger partial charge in [0.2, 0.25) is 12.3 Å². The third-order valence-corrected chi connectivity index (χ3v) is 8.85. The van der Waals surface area contributed by atoms with Crippen molar-refractivity contribution < 1.29 is 22.7 Å². The zero-order chi connectivity index (χ0) is 38.7. The van der Waals surface area contributed by atoms with Crippen molar-refractivity contribution in [1.82, 2.24) is 35.7 Å². The molecule has 3 aromatic heterocycles. The van der Waals surface area contributed by atoms with Crippen molar-refractivity contribution in [2.75, 3.05) is 46.7 Å². The van der Waals surface area contributed by atoms with Gasteiger partial charge in [0, 0.05) is 41.4 Å². The van der Waals surface area contributed by atoms with Crippen LogP contribution in [0.15, 0.2) is 59.5 Å². The molecule has 0 bridgehead atoms. The maximum atomic E-state index is 13.7. The molecule has 1 amide bonds. The molecule has 0 unspecified atom stereocenters. The lowest BCUT2D eigenvalue weighted by atomic mass is 9.96. The van der Waals surface area contributed by atoms with Gasteiger partial charge in [-0.05, 0) is 95.2 Å². The Kier molecular flexibility index (Phi) is 14.3. The van der Waals surface area contributed by atoms with Gasteiger partial charge in [-0.1, -0.05) is 41.9 Å². The normalized spacial score (nSPS) is 11.9. The van der Waals surface area contributed by atoms with Gasteiger partial charge in [-0.25, -0.2) is 14.6 Å². The van der Waals surface area contributed by atoms with Crippen LogP contribution in [0.4, 0.5) is 24.7 Å². The molecule has 0 spiro atoms. The summed E-state index contributed by atoms with van der Waals surface area (Å²) in [6.07, 6.45) is 1.13. The van der Waals surface area contributed by atoms with Crippen molar-refractivity contribution in [1.29, 1.82) is 0 Å². The van der Waals surface area contributed by atoms with Crippen LogP contribution in [0.2, 0.25) is 5.02 Å². The van der Waals surface area contributed by atoms with Crippen molar-refractivity contribution in [2.45, 2.75) is 38.8 Å². The molecule has 15 heteroatoms. The van der Waals surface area contributed by atoms with Crippen LogP contribution in [0.25, 0.3) is 33.2 Å². The third-order valence-electron chi connectivity index (χ3n) is 8.45. The van der Waals surface area contributed by atoms with Crippen LogP contribution >= 0.6 is 11.6 Å². The van der Waals surface area contributed by atoms with Gasteiger partial charge >= 0.3 is 6.18 Å². The molecule has 1 aliphatic carbocycles. The largest absolute Gasteiger partial charge is 0.481 e. The van der Waals surface area contributed by atoms with Crippen LogP contribution in [-0.4, -0.2) is 67.5 Å². The molecule has 0 saturated carbocycles. The summed E-state index contributed by atoms with van der Waals surface area (Å²) in [7, 11) is 8.68. The van der Waals surface area contributed by atoms with E-state index in [4.69, 9.17) is 21.3 Å². The number of hydrogen-bond donors (Lipinski definition) is 4. The molecule has 0 radical (unpaired) electrons. The van der Waals surface area contributed by atoms with Gasteiger partial charge in [-0.2, -0.15) is 18.3 Å². The SMILES string of the molecule is CNC.CNCCCNC=O.COc1nc(-c2cccc(-c3cccc(Nc4nc(C(F)(F)F)cc5cnn(C)c(=O)c45)c3C)c2Cl)cc2c1CCC2. The Hall–Kier alpha value is -5.05. The first-order chi connectivity index (χ1) is 25.4. The molecule has 282 valence electrons. The number of carbonyl (C=O) groups excluding carboxylic acids is 1. The van der Waals surface area contributed by atoms with Crippen LogP contribution in [-0.2, 0) is 30.9 Å². The van der Waals surface area contributed by atoms with Gasteiger partial charge in [-0.15, -0.1) is 0 Å². The topological polar surface area (TPSA) is 135 Å². The number of nitrogens with one attached hydrogen (secondary N) is 4. The first-order valence-electron chi connectivity index (χ1n) is 17.0. The smallest absolute Gasteiger partial charge is 0.433 e. The summed E-state index contributed by atoms with van der Waals surface area (Å²) in [5.74, 6) is 0.392. The molecular formula is C38H44ClF3N8O3. The summed E-state index contributed by atoms with van der Waals surface area (Å²) in [5, 5.41) is 15.7. The lowest BCUT2D eigenvalue weighted by Gasteiger charge is -2.18. The zero-order valence-corrected chi connectivity index (χ0v) is 31.3. The fourth-order valence-electron chi connectivity index (χ4n) is 5.90. The quantitative estimate of drug-likeness (QED) is 0.0938. The van der Waals surface area contributed by atoms with E-state index >= 15 is 0 Å². The van der Waals surface area contributed by atoms with Crippen LogP contribution in [0.1, 0.15) is 35.2 Å². The molecule has 53 heavy (non-hydrogen) atoms. The van der Waals surface area contributed by atoms with Gasteiger partial charge < -0.3 is 26.0 Å². The molecule has 3 heterocycles. The number of carbonyl (C=O) groups is 1. The molecular weight excluding hydrogens is 709 g/mol. The van der Waals surface area contributed by atoms with Gasteiger partial charge in [0.05, 0.1) is 29.4 Å². The van der Waals surface area contributed by atoms with Gasteiger partial charge in [0.15, 0.2) is 0 Å². The Morgan fingerprint density at radius 1 is 1.00 bits per heavy atom. The van der Waals surface area contributed by atoms with Crippen LogP contribution in [0.3, 0.4) is 0 Å². The first kappa shape index (κ1) is 40.7. The molecule has 0 atom stereocenters. The molecule has 11 nitrogen and oxygen atoms in total. The summed E-state index contributed by atoms with van der Waals surface area (Å²) >= 11 is 7.01. The molecule has 2 aromatic carbocycles. The van der Waals surface area contributed by atoms with E-state index in [2.05, 4.69) is 37.4 Å². The monoisotopic (exact) mass is 752 g/mol. The minimum absolute atomic E-state index is 0.00182. The molecule has 4 N–H and O–H groups in total. The highest BCUT2D eigenvalue weighted by Gasteiger charge is 2.34. The van der Waals surface area contributed by atoms with Gasteiger partial charge in [0.1, 0.15) is 11.5 Å². The summed E-state index contributed by atoms with van der Waals surface area (Å²) in [5.41, 5.74) is 4.72. The number of rotatable bonds is 10. The highest BCUT2D eigenvalue weighted by molar-refractivity contribution is 6.36.